The van der Waals surface area contributed by atoms with Gasteiger partial charge in [0.1, 0.15) is 5.58 Å². The zero-order valence-corrected chi connectivity index (χ0v) is 14.3. The Morgan fingerprint density at radius 1 is 0.964 bits per heavy atom. The quantitative estimate of drug-likeness (QED) is 0.551. The van der Waals surface area contributed by atoms with E-state index in [1.807, 2.05) is 6.92 Å². The molecule has 1 N–H and O–H groups in total. The first-order valence-electron chi connectivity index (χ1n) is 7.99. The van der Waals surface area contributed by atoms with E-state index in [0.29, 0.717) is 28.7 Å². The van der Waals surface area contributed by atoms with E-state index in [0.717, 1.165) is 5.56 Å². The van der Waals surface area contributed by atoms with Crippen molar-refractivity contribution < 1.29 is 35.6 Å². The summed E-state index contributed by atoms with van der Waals surface area (Å²) < 4.78 is 82.7. The summed E-state index contributed by atoms with van der Waals surface area (Å²) in [6, 6.07) is 6.19. The number of benzene rings is 2. The van der Waals surface area contributed by atoms with Gasteiger partial charge in [-0.05, 0) is 36.8 Å². The van der Waals surface area contributed by atoms with E-state index in [9.17, 15) is 31.1 Å². The van der Waals surface area contributed by atoms with Gasteiger partial charge in [-0.15, -0.1) is 0 Å². The maximum absolute atomic E-state index is 12.9. The SMILES string of the molecule is Cc1ccc2c(CC(=O)Nc3cc(C(F)(F)F)cc(C(F)(F)F)c3)coc2c1. The topological polar surface area (TPSA) is 42.2 Å². The van der Waals surface area contributed by atoms with Crippen LogP contribution in [0.25, 0.3) is 11.0 Å². The summed E-state index contributed by atoms with van der Waals surface area (Å²) >= 11 is 0. The van der Waals surface area contributed by atoms with Crippen LogP contribution in [0, 0.1) is 6.92 Å². The summed E-state index contributed by atoms with van der Waals surface area (Å²) in [5, 5.41) is 2.74. The maximum atomic E-state index is 12.9. The molecule has 0 bridgehead atoms. The van der Waals surface area contributed by atoms with E-state index in [-0.39, 0.29) is 12.5 Å². The number of furan rings is 1. The van der Waals surface area contributed by atoms with Crippen LogP contribution in [-0.2, 0) is 23.6 Å². The number of nitrogens with one attached hydrogen (secondary N) is 1. The molecule has 148 valence electrons. The zero-order valence-electron chi connectivity index (χ0n) is 14.3. The first-order valence-corrected chi connectivity index (χ1v) is 7.99. The van der Waals surface area contributed by atoms with Crippen LogP contribution in [0.3, 0.4) is 0 Å². The number of rotatable bonds is 3. The Bertz CT molecular complexity index is 1000. The van der Waals surface area contributed by atoms with E-state index >= 15 is 0 Å². The highest BCUT2D eigenvalue weighted by Gasteiger charge is 2.37. The third kappa shape index (κ3) is 4.29. The maximum Gasteiger partial charge on any atom is 0.416 e. The molecule has 0 fully saturated rings. The predicted octanol–water partition coefficient (Wildman–Crippen LogP) is 5.96. The van der Waals surface area contributed by atoms with Crippen molar-refractivity contribution in [1.29, 1.82) is 0 Å². The smallest absolute Gasteiger partial charge is 0.416 e. The lowest BCUT2D eigenvalue weighted by molar-refractivity contribution is -0.143. The van der Waals surface area contributed by atoms with Crippen molar-refractivity contribution in [2.24, 2.45) is 0 Å². The molecule has 0 unspecified atom stereocenters. The van der Waals surface area contributed by atoms with Gasteiger partial charge in [-0.3, -0.25) is 4.79 Å². The highest BCUT2D eigenvalue weighted by atomic mass is 19.4. The molecule has 1 amide bonds. The molecular weight excluding hydrogens is 388 g/mol. The van der Waals surface area contributed by atoms with Crippen LogP contribution in [0.2, 0.25) is 0 Å². The number of carbonyl (C=O) groups is 1. The molecule has 0 radical (unpaired) electrons. The third-order valence-corrected chi connectivity index (χ3v) is 4.03. The number of fused-ring (bicyclic) bond motifs is 1. The lowest BCUT2D eigenvalue weighted by Crippen LogP contribution is -2.17. The number of alkyl halides is 6. The fourth-order valence-electron chi connectivity index (χ4n) is 2.73. The molecule has 3 nitrogen and oxygen atoms in total. The minimum absolute atomic E-state index is 0.00156. The fraction of sp³-hybridized carbons (Fsp3) is 0.211. The van der Waals surface area contributed by atoms with Crippen LogP contribution >= 0.6 is 0 Å². The Morgan fingerprint density at radius 3 is 2.14 bits per heavy atom. The zero-order chi connectivity index (χ0) is 20.7. The number of amides is 1. The molecule has 9 heteroatoms. The van der Waals surface area contributed by atoms with Gasteiger partial charge in [0.05, 0.1) is 23.8 Å². The third-order valence-electron chi connectivity index (χ3n) is 4.03. The van der Waals surface area contributed by atoms with Crippen LogP contribution in [0.1, 0.15) is 22.3 Å². The van der Waals surface area contributed by atoms with Crippen molar-refractivity contribution in [2.75, 3.05) is 5.32 Å². The molecule has 0 atom stereocenters. The van der Waals surface area contributed by atoms with E-state index in [1.54, 1.807) is 18.2 Å². The molecule has 2 aromatic carbocycles. The molecule has 0 aliphatic carbocycles. The number of aryl methyl sites for hydroxylation is 1. The number of hydrogen-bond donors (Lipinski definition) is 1. The normalized spacial score (nSPS) is 12.4. The second-order valence-electron chi connectivity index (χ2n) is 6.28. The van der Waals surface area contributed by atoms with E-state index < -0.39 is 35.1 Å². The molecular formula is C19H13F6NO2. The highest BCUT2D eigenvalue weighted by Crippen LogP contribution is 2.37. The van der Waals surface area contributed by atoms with Crippen LogP contribution in [-0.4, -0.2) is 5.91 Å². The molecule has 3 rings (SSSR count). The van der Waals surface area contributed by atoms with Gasteiger partial charge in [0, 0.05) is 16.6 Å². The summed E-state index contributed by atoms with van der Waals surface area (Å²) in [6.45, 7) is 1.85. The Labute approximate surface area is 154 Å². The minimum atomic E-state index is -4.99. The van der Waals surface area contributed by atoms with Crippen molar-refractivity contribution in [3.63, 3.8) is 0 Å². The van der Waals surface area contributed by atoms with Crippen LogP contribution in [0.15, 0.2) is 47.1 Å². The average Bonchev–Trinajstić information content (AvgIpc) is 2.94. The number of halogens is 6. The van der Waals surface area contributed by atoms with E-state index in [1.165, 1.54) is 6.26 Å². The van der Waals surface area contributed by atoms with E-state index in [2.05, 4.69) is 5.32 Å². The van der Waals surface area contributed by atoms with Crippen LogP contribution in [0.5, 0.6) is 0 Å². The molecule has 0 saturated carbocycles. The van der Waals surface area contributed by atoms with Crippen molar-refractivity contribution in [3.8, 4) is 0 Å². The van der Waals surface area contributed by atoms with Gasteiger partial charge in [-0.1, -0.05) is 12.1 Å². The second kappa shape index (κ2) is 6.88. The average molecular weight is 401 g/mol. The molecule has 0 spiro atoms. The van der Waals surface area contributed by atoms with Gasteiger partial charge < -0.3 is 9.73 Å². The summed E-state index contributed by atoms with van der Waals surface area (Å²) in [7, 11) is 0. The van der Waals surface area contributed by atoms with Gasteiger partial charge in [-0.2, -0.15) is 26.3 Å². The van der Waals surface area contributed by atoms with Crippen LogP contribution in [0.4, 0.5) is 32.0 Å². The van der Waals surface area contributed by atoms with Crippen molar-refractivity contribution >= 4 is 22.6 Å². The molecule has 0 aliphatic heterocycles. The largest absolute Gasteiger partial charge is 0.464 e. The molecule has 0 aliphatic rings. The van der Waals surface area contributed by atoms with Gasteiger partial charge in [0.25, 0.3) is 0 Å². The van der Waals surface area contributed by atoms with Gasteiger partial charge in [0.15, 0.2) is 0 Å². The summed E-state index contributed by atoms with van der Waals surface area (Å²) in [5.74, 6) is -0.768. The Hall–Kier alpha value is -2.97. The molecule has 1 aromatic heterocycles. The van der Waals surface area contributed by atoms with Crippen molar-refractivity contribution in [3.05, 3.63) is 64.9 Å². The van der Waals surface area contributed by atoms with Crippen molar-refractivity contribution in [2.45, 2.75) is 25.7 Å². The lowest BCUT2D eigenvalue weighted by atomic mass is 10.1. The molecule has 3 aromatic rings. The first-order chi connectivity index (χ1) is 12.9. The monoisotopic (exact) mass is 401 g/mol. The number of hydrogen-bond acceptors (Lipinski definition) is 2. The fourth-order valence-corrected chi connectivity index (χ4v) is 2.73. The molecule has 0 saturated heterocycles. The highest BCUT2D eigenvalue weighted by molar-refractivity contribution is 5.95. The summed E-state index contributed by atoms with van der Waals surface area (Å²) in [6.07, 6.45) is -8.91. The minimum Gasteiger partial charge on any atom is -0.464 e. The Balaban J connectivity index is 1.86. The first kappa shape index (κ1) is 19.8. The number of carbonyl (C=O) groups excluding carboxylic acids is 1. The molecule has 28 heavy (non-hydrogen) atoms. The van der Waals surface area contributed by atoms with E-state index in [4.69, 9.17) is 4.42 Å². The van der Waals surface area contributed by atoms with Gasteiger partial charge in [0.2, 0.25) is 5.91 Å². The van der Waals surface area contributed by atoms with Gasteiger partial charge in [-0.25, -0.2) is 0 Å². The van der Waals surface area contributed by atoms with Crippen LogP contribution < -0.4 is 5.32 Å². The van der Waals surface area contributed by atoms with Crippen molar-refractivity contribution in [1.82, 2.24) is 0 Å². The molecule has 1 heterocycles. The lowest BCUT2D eigenvalue weighted by Gasteiger charge is -2.14. The number of anilines is 1. The predicted molar refractivity (Wildman–Crippen MR) is 89.7 cm³/mol. The summed E-state index contributed by atoms with van der Waals surface area (Å²) in [5.41, 5.74) is -1.65. The Morgan fingerprint density at radius 2 is 1.57 bits per heavy atom. The van der Waals surface area contributed by atoms with Gasteiger partial charge >= 0.3 is 12.4 Å². The standard InChI is InChI=1S/C19H13F6NO2/c1-10-2-3-15-11(9-28-16(15)4-10)5-17(27)26-14-7-12(18(20,21)22)6-13(8-14)19(23,24)25/h2-4,6-9H,5H2,1H3,(H,26,27). The second-order valence-corrected chi connectivity index (χ2v) is 6.28. The Kier molecular flexibility index (Phi) is 4.86. The summed E-state index contributed by atoms with van der Waals surface area (Å²) in [4.78, 5) is 12.2.